The molecule has 246 valence electrons. The van der Waals surface area contributed by atoms with Crippen LogP contribution in [0.3, 0.4) is 0 Å². The van der Waals surface area contributed by atoms with Gasteiger partial charge >= 0.3 is 6.09 Å². The number of piperazine rings is 1. The molecular weight excluding hydrogens is 646 g/mol. The Morgan fingerprint density at radius 3 is 2.47 bits per heavy atom. The summed E-state index contributed by atoms with van der Waals surface area (Å²) in [5.74, 6) is 0.843. The maximum absolute atomic E-state index is 13.6. The fourth-order valence-electron chi connectivity index (χ4n) is 5.04. The average molecular weight is 680 g/mol. The minimum absolute atomic E-state index is 0.0825. The lowest BCUT2D eigenvalue weighted by atomic mass is 10.1. The number of carbonyl (C=O) groups is 1. The smallest absolute Gasteiger partial charge is 0.410 e. The van der Waals surface area contributed by atoms with Crippen molar-refractivity contribution in [3.63, 3.8) is 0 Å². The van der Waals surface area contributed by atoms with Gasteiger partial charge in [0.1, 0.15) is 22.8 Å². The van der Waals surface area contributed by atoms with Gasteiger partial charge in [0.05, 0.1) is 33.9 Å². The maximum atomic E-state index is 13.6. The third-order valence-electron chi connectivity index (χ3n) is 8.21. The molecule has 3 fully saturated rings. The summed E-state index contributed by atoms with van der Waals surface area (Å²) >= 11 is 2.76. The van der Waals surface area contributed by atoms with Gasteiger partial charge in [0, 0.05) is 49.4 Å². The monoisotopic (exact) mass is 679 g/mol. The highest BCUT2D eigenvalue weighted by molar-refractivity contribution is 7.97. The predicted molar refractivity (Wildman–Crippen MR) is 176 cm³/mol. The normalized spacial score (nSPS) is 17.4. The van der Waals surface area contributed by atoms with Crippen molar-refractivity contribution >= 4 is 46.3 Å². The van der Waals surface area contributed by atoms with E-state index in [-0.39, 0.29) is 11.4 Å². The number of nitrogens with zero attached hydrogens (tertiary/aromatic N) is 8. The molecule has 0 atom stereocenters. The van der Waals surface area contributed by atoms with Crippen LogP contribution in [0.5, 0.6) is 5.75 Å². The number of hydrogen-bond donors (Lipinski definition) is 1. The van der Waals surface area contributed by atoms with E-state index in [4.69, 9.17) is 9.72 Å². The minimum atomic E-state index is -0.538. The standard InChI is InChI=1S/C28H26FN9O4S2.C3H8/c29-16-28(7-8-28)34-44-20-13-21(22-14-31-23(37(22)15-20)24-32-33-25(43-24)27(17-30)5-6-27)35-9-11-36(12-10-35)26(39)42-19-3-1-18(2-4-19)38(40)41;1-3-2/h1-4,13-15,34H,5-12,16H2;3H2,1-2H3. The Morgan fingerprint density at radius 2 is 1.87 bits per heavy atom. The number of imidazole rings is 1. The molecule has 2 saturated carbocycles. The number of carbonyl (C=O) groups excluding carboxylic acids is 1. The Bertz CT molecular complexity index is 1810. The van der Waals surface area contributed by atoms with Gasteiger partial charge in [0.2, 0.25) is 0 Å². The van der Waals surface area contributed by atoms with E-state index >= 15 is 0 Å². The van der Waals surface area contributed by atoms with Crippen LogP contribution in [-0.4, -0.2) is 73.9 Å². The second-order valence-corrected chi connectivity index (χ2v) is 13.8. The number of non-ortho nitro benzene ring substituents is 1. The van der Waals surface area contributed by atoms with Crippen molar-refractivity contribution < 1.29 is 18.8 Å². The number of nitro benzene ring substituents is 1. The third-order valence-corrected chi connectivity index (χ3v) is 10.3. The number of amides is 1. The summed E-state index contributed by atoms with van der Waals surface area (Å²) in [6, 6.07) is 9.79. The number of benzene rings is 1. The quantitative estimate of drug-likeness (QED) is 0.123. The first-order valence-corrected chi connectivity index (χ1v) is 17.1. The summed E-state index contributed by atoms with van der Waals surface area (Å²) in [5.41, 5.74) is 0.641. The van der Waals surface area contributed by atoms with Gasteiger partial charge in [0.25, 0.3) is 5.69 Å². The van der Waals surface area contributed by atoms with Crippen LogP contribution < -0.4 is 14.4 Å². The number of nitrogens with one attached hydrogen (secondary N) is 1. The number of anilines is 1. The number of nitriles is 1. The maximum Gasteiger partial charge on any atom is 0.415 e. The third kappa shape index (κ3) is 6.87. The van der Waals surface area contributed by atoms with Crippen LogP contribution in [0.4, 0.5) is 20.6 Å². The molecule has 1 saturated heterocycles. The molecule has 16 heteroatoms. The molecular formula is C31H34FN9O4S2. The highest BCUT2D eigenvalue weighted by Crippen LogP contribution is 2.49. The fraction of sp³-hybridized carbons (Fsp3) is 0.452. The molecule has 1 aromatic carbocycles. The highest BCUT2D eigenvalue weighted by Gasteiger charge is 2.48. The number of rotatable bonds is 9. The number of nitro groups is 1. The Hall–Kier alpha value is -4.33. The molecule has 0 spiro atoms. The van der Waals surface area contributed by atoms with Gasteiger partial charge in [-0.25, -0.2) is 14.2 Å². The van der Waals surface area contributed by atoms with Crippen LogP contribution in [0, 0.1) is 21.4 Å². The lowest BCUT2D eigenvalue weighted by Crippen LogP contribution is -2.49. The van der Waals surface area contributed by atoms with Gasteiger partial charge < -0.3 is 14.5 Å². The Labute approximate surface area is 279 Å². The van der Waals surface area contributed by atoms with Gasteiger partial charge in [-0.2, -0.15) is 5.26 Å². The molecule has 47 heavy (non-hydrogen) atoms. The van der Waals surface area contributed by atoms with Crippen LogP contribution >= 0.6 is 23.3 Å². The second-order valence-electron chi connectivity index (χ2n) is 11.9. The van der Waals surface area contributed by atoms with E-state index in [2.05, 4.69) is 39.7 Å². The van der Waals surface area contributed by atoms with Crippen LogP contribution in [0.15, 0.2) is 47.6 Å². The number of fused-ring (bicyclic) bond motifs is 1. The van der Waals surface area contributed by atoms with E-state index in [1.54, 1.807) is 11.1 Å². The molecule has 1 N–H and O–H groups in total. The van der Waals surface area contributed by atoms with Gasteiger partial charge in [-0.1, -0.05) is 31.6 Å². The highest BCUT2D eigenvalue weighted by atomic mass is 32.2. The Morgan fingerprint density at radius 1 is 1.17 bits per heavy atom. The van der Waals surface area contributed by atoms with E-state index in [1.165, 1.54) is 54.0 Å². The number of alkyl halides is 1. The Kier molecular flexibility index (Phi) is 9.31. The summed E-state index contributed by atoms with van der Waals surface area (Å²) in [4.78, 5) is 32.5. The molecule has 0 unspecified atom stereocenters. The van der Waals surface area contributed by atoms with E-state index in [9.17, 15) is 24.6 Å². The fourth-order valence-corrected chi connectivity index (χ4v) is 6.99. The van der Waals surface area contributed by atoms with Gasteiger partial charge in [0.15, 0.2) is 10.8 Å². The second kappa shape index (κ2) is 13.4. The van der Waals surface area contributed by atoms with Crippen LogP contribution in [0.25, 0.3) is 16.3 Å². The SMILES string of the molecule is CCC.N#CC1(c2nnc(-c3ncc4c(N5CCN(C(=O)Oc6ccc([N+](=O)[O-])cc6)CC5)cc(SNC5(CF)CC5)cn34)s2)CC1. The molecule has 4 heterocycles. The molecule has 13 nitrogen and oxygen atoms in total. The summed E-state index contributed by atoms with van der Waals surface area (Å²) in [7, 11) is 0. The van der Waals surface area contributed by atoms with Crippen molar-refractivity contribution in [2.24, 2.45) is 0 Å². The zero-order valence-electron chi connectivity index (χ0n) is 26.0. The van der Waals surface area contributed by atoms with Crippen molar-refractivity contribution in [1.82, 2.24) is 29.2 Å². The van der Waals surface area contributed by atoms with E-state index in [0.29, 0.717) is 42.0 Å². The molecule has 0 radical (unpaired) electrons. The molecule has 1 amide bonds. The van der Waals surface area contributed by atoms with Crippen molar-refractivity contribution in [3.8, 4) is 22.7 Å². The molecule has 0 bridgehead atoms. The molecule has 7 rings (SSSR count). The first kappa shape index (κ1) is 32.6. The van der Waals surface area contributed by atoms with Crippen molar-refractivity contribution in [2.75, 3.05) is 37.8 Å². The van der Waals surface area contributed by atoms with Crippen LogP contribution in [0.1, 0.15) is 51.0 Å². The summed E-state index contributed by atoms with van der Waals surface area (Å²) < 4.78 is 24.3. The topological polar surface area (TPSA) is 155 Å². The van der Waals surface area contributed by atoms with Crippen LogP contribution in [-0.2, 0) is 5.41 Å². The van der Waals surface area contributed by atoms with Gasteiger partial charge in [-0.15, -0.1) is 10.2 Å². The number of aromatic nitrogens is 4. The average Bonchev–Trinajstić information content (AvgIpc) is 3.96. The van der Waals surface area contributed by atoms with E-state index in [0.717, 1.165) is 41.8 Å². The van der Waals surface area contributed by atoms with Crippen molar-refractivity contribution in [3.05, 3.63) is 57.8 Å². The van der Waals surface area contributed by atoms with Crippen molar-refractivity contribution in [2.45, 2.75) is 61.8 Å². The number of halogens is 1. The number of pyridine rings is 1. The molecule has 3 aliphatic rings. The van der Waals surface area contributed by atoms with Crippen molar-refractivity contribution in [1.29, 1.82) is 5.26 Å². The zero-order chi connectivity index (χ0) is 33.2. The summed E-state index contributed by atoms with van der Waals surface area (Å²) in [6.07, 6.45) is 7.58. The minimum Gasteiger partial charge on any atom is -0.410 e. The molecule has 3 aromatic heterocycles. The summed E-state index contributed by atoms with van der Waals surface area (Å²) in [6.45, 7) is 5.66. The zero-order valence-corrected chi connectivity index (χ0v) is 27.7. The number of ether oxygens (including phenoxy) is 1. The van der Waals surface area contributed by atoms with Crippen LogP contribution in [0.2, 0.25) is 0 Å². The van der Waals surface area contributed by atoms with Gasteiger partial charge in [-0.05, 0) is 55.8 Å². The molecule has 1 aliphatic heterocycles. The van der Waals surface area contributed by atoms with E-state index < -0.39 is 28.6 Å². The predicted octanol–water partition coefficient (Wildman–Crippen LogP) is 6.15. The summed E-state index contributed by atoms with van der Waals surface area (Å²) in [5, 5.41) is 30.5. The van der Waals surface area contributed by atoms with E-state index in [1.807, 2.05) is 16.7 Å². The largest absolute Gasteiger partial charge is 0.415 e. The lowest BCUT2D eigenvalue weighted by molar-refractivity contribution is -0.384. The molecule has 4 aromatic rings. The number of hydrogen-bond acceptors (Lipinski definition) is 12. The molecule has 2 aliphatic carbocycles. The first-order valence-electron chi connectivity index (χ1n) is 15.5. The lowest BCUT2D eigenvalue weighted by Gasteiger charge is -2.35. The Balaban J connectivity index is 0.00000124. The van der Waals surface area contributed by atoms with Gasteiger partial charge in [-0.3, -0.25) is 19.2 Å². The first-order chi connectivity index (χ1) is 22.7.